The molecule has 6 rings (SSSR count). The molecule has 0 radical (unpaired) electrons. The van der Waals surface area contributed by atoms with E-state index in [1.54, 1.807) is 0 Å². The van der Waals surface area contributed by atoms with Gasteiger partial charge >= 0.3 is 5.97 Å². The van der Waals surface area contributed by atoms with Crippen molar-refractivity contribution in [2.45, 2.75) is 62.8 Å². The van der Waals surface area contributed by atoms with Crippen molar-refractivity contribution >= 4 is 17.3 Å². The van der Waals surface area contributed by atoms with Crippen molar-refractivity contribution in [3.63, 3.8) is 0 Å². The van der Waals surface area contributed by atoms with Crippen LogP contribution >= 0.6 is 11.3 Å². The predicted molar refractivity (Wildman–Crippen MR) is 158 cm³/mol. The first-order valence-electron chi connectivity index (χ1n) is 14.9. The summed E-state index contributed by atoms with van der Waals surface area (Å²) in [6.45, 7) is 5.01. The van der Waals surface area contributed by atoms with E-state index in [0.29, 0.717) is 23.7 Å². The second-order valence-corrected chi connectivity index (χ2v) is 13.0. The third-order valence-corrected chi connectivity index (χ3v) is 10.7. The normalized spacial score (nSPS) is 24.6. The zero-order valence-electron chi connectivity index (χ0n) is 22.8. The van der Waals surface area contributed by atoms with Gasteiger partial charge in [-0.1, -0.05) is 79.9 Å². The molecule has 3 aliphatic rings. The molecule has 6 heteroatoms. The Morgan fingerprint density at radius 2 is 1.62 bits per heavy atom. The van der Waals surface area contributed by atoms with E-state index in [2.05, 4.69) is 76.7 Å². The summed E-state index contributed by atoms with van der Waals surface area (Å²) < 4.78 is 0. The molecule has 2 aromatic carbocycles. The molecule has 1 N–H and O–H groups in total. The monoisotopic (exact) mass is 543 g/mol. The summed E-state index contributed by atoms with van der Waals surface area (Å²) in [5.41, 5.74) is 2.57. The van der Waals surface area contributed by atoms with Gasteiger partial charge in [-0.2, -0.15) is 0 Å². The van der Waals surface area contributed by atoms with Gasteiger partial charge in [-0.05, 0) is 62.1 Å². The van der Waals surface area contributed by atoms with Crippen LogP contribution in [0.2, 0.25) is 0 Å². The maximum absolute atomic E-state index is 12.5. The minimum atomic E-state index is -0.616. The van der Waals surface area contributed by atoms with E-state index < -0.39 is 5.97 Å². The summed E-state index contributed by atoms with van der Waals surface area (Å²) >= 11 is 1.85. The molecule has 3 aromatic rings. The van der Waals surface area contributed by atoms with Crippen LogP contribution in [-0.4, -0.2) is 64.6 Å². The lowest BCUT2D eigenvalue weighted by molar-refractivity contribution is -0.145. The van der Waals surface area contributed by atoms with Crippen LogP contribution < -0.4 is 0 Å². The van der Waals surface area contributed by atoms with Gasteiger partial charge in [-0.3, -0.25) is 9.69 Å². The lowest BCUT2D eigenvalue weighted by Crippen LogP contribution is -2.46. The number of benzene rings is 2. The van der Waals surface area contributed by atoms with Crippen molar-refractivity contribution in [1.29, 1.82) is 0 Å². The molecule has 2 saturated heterocycles. The van der Waals surface area contributed by atoms with Crippen LogP contribution in [0.1, 0.15) is 67.2 Å². The molecule has 3 heterocycles. The molecule has 1 saturated carbocycles. The summed E-state index contributed by atoms with van der Waals surface area (Å²) in [4.78, 5) is 23.7. The van der Waals surface area contributed by atoms with Crippen LogP contribution in [0.4, 0.5) is 0 Å². The Morgan fingerprint density at radius 3 is 2.31 bits per heavy atom. The minimum Gasteiger partial charge on any atom is -0.480 e. The van der Waals surface area contributed by atoms with E-state index in [-0.39, 0.29) is 6.04 Å². The van der Waals surface area contributed by atoms with Gasteiger partial charge in [0.15, 0.2) is 0 Å². The summed E-state index contributed by atoms with van der Waals surface area (Å²) in [7, 11) is 0. The number of carboxylic acid groups (broad SMARTS) is 1. The highest BCUT2D eigenvalue weighted by Gasteiger charge is 2.43. The summed E-state index contributed by atoms with van der Waals surface area (Å²) in [6, 6.07) is 21.0. The topological polar surface area (TPSA) is 56.7 Å². The standard InChI is InChI=1S/C33H41N3O2S/c37-33(38)31(26-12-6-2-7-13-26)36-22-28(29(23-36)24-10-4-1-5-11-24)21-35-18-16-25(17-19-35)30-20-34-32(39-30)27-14-8-3-9-15-27/h1,3-5,8-11,14-15,20,25-26,28-29,31H,2,6-7,12-13,16-19,21-23H2,(H,37,38)/t28-,29+,31+/m0/s1. The third kappa shape index (κ3) is 6.13. The van der Waals surface area contributed by atoms with Crippen molar-refractivity contribution < 1.29 is 9.90 Å². The highest BCUT2D eigenvalue weighted by molar-refractivity contribution is 7.15. The number of aliphatic carboxylic acids is 1. The van der Waals surface area contributed by atoms with Crippen molar-refractivity contribution in [2.75, 3.05) is 32.7 Å². The van der Waals surface area contributed by atoms with Gasteiger partial charge < -0.3 is 10.0 Å². The van der Waals surface area contributed by atoms with Gasteiger partial charge in [0.05, 0.1) is 0 Å². The van der Waals surface area contributed by atoms with Gasteiger partial charge in [0.25, 0.3) is 0 Å². The number of aromatic nitrogens is 1. The van der Waals surface area contributed by atoms with E-state index in [0.717, 1.165) is 50.6 Å². The molecule has 1 aromatic heterocycles. The van der Waals surface area contributed by atoms with Crippen molar-refractivity contribution in [3.8, 4) is 10.6 Å². The largest absolute Gasteiger partial charge is 0.480 e. The molecule has 0 bridgehead atoms. The van der Waals surface area contributed by atoms with Gasteiger partial charge in [-0.25, -0.2) is 4.98 Å². The van der Waals surface area contributed by atoms with Crippen molar-refractivity contribution in [2.24, 2.45) is 11.8 Å². The molecule has 1 aliphatic carbocycles. The Bertz CT molecular complexity index is 1200. The Morgan fingerprint density at radius 1 is 0.923 bits per heavy atom. The molecule has 206 valence electrons. The fourth-order valence-corrected chi connectivity index (χ4v) is 8.51. The van der Waals surface area contributed by atoms with Crippen LogP contribution in [0.15, 0.2) is 66.9 Å². The van der Waals surface area contributed by atoms with Crippen LogP contribution in [0.5, 0.6) is 0 Å². The Balaban J connectivity index is 1.12. The number of nitrogens with zero attached hydrogens (tertiary/aromatic N) is 3. The maximum atomic E-state index is 12.5. The molecule has 5 nitrogen and oxygen atoms in total. The number of likely N-dealkylation sites (tertiary alicyclic amines) is 2. The first kappa shape index (κ1) is 26.7. The van der Waals surface area contributed by atoms with E-state index in [9.17, 15) is 9.90 Å². The molecular formula is C33H41N3O2S. The molecule has 2 aliphatic heterocycles. The third-order valence-electron chi connectivity index (χ3n) is 9.47. The van der Waals surface area contributed by atoms with Crippen molar-refractivity contribution in [1.82, 2.24) is 14.8 Å². The number of thiazole rings is 1. The second kappa shape index (κ2) is 12.3. The number of rotatable bonds is 8. The second-order valence-electron chi connectivity index (χ2n) is 11.9. The molecule has 0 amide bonds. The lowest BCUT2D eigenvalue weighted by Gasteiger charge is -2.35. The smallest absolute Gasteiger partial charge is 0.321 e. The first-order chi connectivity index (χ1) is 19.2. The molecule has 3 atom stereocenters. The average molecular weight is 544 g/mol. The quantitative estimate of drug-likeness (QED) is 0.341. The van der Waals surface area contributed by atoms with Gasteiger partial charge in [0, 0.05) is 42.2 Å². The highest BCUT2D eigenvalue weighted by Crippen LogP contribution is 2.40. The Hall–Kier alpha value is -2.54. The van der Waals surface area contributed by atoms with Crippen LogP contribution in [0.25, 0.3) is 10.6 Å². The zero-order chi connectivity index (χ0) is 26.6. The number of piperidine rings is 1. The minimum absolute atomic E-state index is 0.294. The number of carbonyl (C=O) groups is 1. The molecular weight excluding hydrogens is 502 g/mol. The summed E-state index contributed by atoms with van der Waals surface area (Å²) in [5, 5.41) is 11.4. The van der Waals surface area contributed by atoms with Crippen LogP contribution in [0, 0.1) is 11.8 Å². The Kier molecular flexibility index (Phi) is 8.43. The van der Waals surface area contributed by atoms with E-state index in [1.165, 1.54) is 48.1 Å². The van der Waals surface area contributed by atoms with E-state index in [4.69, 9.17) is 4.98 Å². The number of carboxylic acids is 1. The Labute approximate surface area is 236 Å². The highest BCUT2D eigenvalue weighted by atomic mass is 32.1. The van der Waals surface area contributed by atoms with Gasteiger partial charge in [-0.15, -0.1) is 11.3 Å². The van der Waals surface area contributed by atoms with E-state index in [1.807, 2.05) is 11.3 Å². The first-order valence-corrected chi connectivity index (χ1v) is 15.7. The van der Waals surface area contributed by atoms with Crippen LogP contribution in [-0.2, 0) is 4.79 Å². The molecule has 0 spiro atoms. The molecule has 3 fully saturated rings. The van der Waals surface area contributed by atoms with Crippen molar-refractivity contribution in [3.05, 3.63) is 77.3 Å². The average Bonchev–Trinajstić information content (AvgIpc) is 3.63. The molecule has 39 heavy (non-hydrogen) atoms. The lowest BCUT2D eigenvalue weighted by atomic mass is 9.83. The maximum Gasteiger partial charge on any atom is 0.321 e. The van der Waals surface area contributed by atoms with E-state index >= 15 is 0 Å². The molecule has 0 unspecified atom stereocenters. The fourth-order valence-electron chi connectivity index (χ4n) is 7.42. The zero-order valence-corrected chi connectivity index (χ0v) is 23.6. The number of hydrogen-bond donors (Lipinski definition) is 1. The summed E-state index contributed by atoms with van der Waals surface area (Å²) in [5.74, 6) is 1.12. The summed E-state index contributed by atoms with van der Waals surface area (Å²) in [6.07, 6.45) is 10.2. The van der Waals surface area contributed by atoms with Gasteiger partial charge in [0.2, 0.25) is 0 Å². The van der Waals surface area contributed by atoms with Gasteiger partial charge in [0.1, 0.15) is 11.0 Å². The number of hydrogen-bond acceptors (Lipinski definition) is 5. The fraction of sp³-hybridized carbons (Fsp3) is 0.515. The van der Waals surface area contributed by atoms with Crippen LogP contribution in [0.3, 0.4) is 0 Å². The SMILES string of the molecule is O=C(O)[C@@H](C1CCCCC1)N1C[C@H](CN2CCC(c3cnc(-c4ccccc4)s3)CC2)[C@@H](c2ccccc2)C1. The predicted octanol–water partition coefficient (Wildman–Crippen LogP) is 6.74.